The van der Waals surface area contributed by atoms with Gasteiger partial charge in [0.1, 0.15) is 5.69 Å². The Morgan fingerprint density at radius 1 is 0.815 bits per heavy atom. The van der Waals surface area contributed by atoms with E-state index in [1.165, 1.54) is 39.2 Å². The van der Waals surface area contributed by atoms with Crippen molar-refractivity contribution >= 4 is 11.0 Å². The maximum atomic E-state index is 2.38. The molecule has 136 valence electrons. The van der Waals surface area contributed by atoms with Crippen LogP contribution in [0.1, 0.15) is 31.9 Å². The second kappa shape index (κ2) is 6.38. The van der Waals surface area contributed by atoms with Crippen molar-refractivity contribution in [3.05, 3.63) is 83.9 Å². The molecule has 0 fully saturated rings. The van der Waals surface area contributed by atoms with E-state index in [0.29, 0.717) is 0 Å². The second-order valence-electron chi connectivity index (χ2n) is 8.32. The van der Waals surface area contributed by atoms with Crippen LogP contribution in [0.15, 0.2) is 72.8 Å². The summed E-state index contributed by atoms with van der Waals surface area (Å²) in [6.07, 6.45) is 0. The fourth-order valence-corrected chi connectivity index (χ4v) is 3.79. The molecular formula is C25H27N2+. The van der Waals surface area contributed by atoms with Crippen LogP contribution < -0.4 is 4.57 Å². The van der Waals surface area contributed by atoms with E-state index in [1.807, 2.05) is 0 Å². The number of aryl methyl sites for hydroxylation is 2. The van der Waals surface area contributed by atoms with Gasteiger partial charge in [-0.15, -0.1) is 0 Å². The molecule has 0 aliphatic heterocycles. The zero-order chi connectivity index (χ0) is 19.2. The Bertz CT molecular complexity index is 1110. The fraction of sp³-hybridized carbons (Fsp3) is 0.240. The molecule has 3 aromatic carbocycles. The molecule has 1 aromatic heterocycles. The molecule has 1 heterocycles. The molecule has 2 nitrogen and oxygen atoms in total. The highest BCUT2D eigenvalue weighted by Gasteiger charge is 2.28. The highest BCUT2D eigenvalue weighted by molar-refractivity contribution is 5.80. The Morgan fingerprint density at radius 2 is 1.48 bits per heavy atom. The number of hydrogen-bond acceptors (Lipinski definition) is 0. The van der Waals surface area contributed by atoms with Gasteiger partial charge in [0.05, 0.1) is 12.6 Å². The van der Waals surface area contributed by atoms with Crippen LogP contribution in [0.25, 0.3) is 28.1 Å². The van der Waals surface area contributed by atoms with Crippen LogP contribution in [0.5, 0.6) is 0 Å². The number of hydrogen-bond donors (Lipinski definition) is 0. The first kappa shape index (κ1) is 17.5. The molecule has 27 heavy (non-hydrogen) atoms. The minimum atomic E-state index is 0.124. The molecule has 2 heteroatoms. The number of para-hydroxylation sites is 1. The number of nitrogens with zero attached hydrogens (tertiary/aromatic N) is 2. The normalized spacial score (nSPS) is 11.9. The van der Waals surface area contributed by atoms with Crippen LogP contribution >= 0.6 is 0 Å². The van der Waals surface area contributed by atoms with Gasteiger partial charge in [0, 0.05) is 0 Å². The lowest BCUT2D eigenvalue weighted by Gasteiger charge is -2.18. The molecule has 0 bridgehead atoms. The largest absolute Gasteiger partial charge is 0.295 e. The number of imidazole rings is 1. The molecule has 4 rings (SSSR count). The van der Waals surface area contributed by atoms with Gasteiger partial charge in [-0.2, -0.15) is 4.57 Å². The summed E-state index contributed by atoms with van der Waals surface area (Å²) in [5.74, 6) is 1.21. The van der Waals surface area contributed by atoms with Gasteiger partial charge in [0.25, 0.3) is 5.82 Å². The molecule has 0 amide bonds. The summed E-state index contributed by atoms with van der Waals surface area (Å²) < 4.78 is 4.71. The molecule has 4 aromatic rings. The molecule has 0 unspecified atom stereocenters. The maximum Gasteiger partial charge on any atom is 0.295 e. The number of aromatic nitrogens is 2. The van der Waals surface area contributed by atoms with Crippen LogP contribution in [-0.2, 0) is 12.5 Å². The molecule has 0 saturated heterocycles. The highest BCUT2D eigenvalue weighted by Crippen LogP contribution is 2.31. The Hall–Kier alpha value is -2.87. The molecule has 0 aliphatic carbocycles. The Labute approximate surface area is 161 Å². The van der Waals surface area contributed by atoms with Crippen LogP contribution in [0, 0.1) is 6.92 Å². The molecule has 0 radical (unpaired) electrons. The molecular weight excluding hydrogens is 328 g/mol. The predicted molar refractivity (Wildman–Crippen MR) is 113 cm³/mol. The highest BCUT2D eigenvalue weighted by atomic mass is 15.2. The van der Waals surface area contributed by atoms with Crippen molar-refractivity contribution in [1.29, 1.82) is 0 Å². The van der Waals surface area contributed by atoms with Gasteiger partial charge in [-0.3, -0.25) is 0 Å². The standard InChI is InChI=1S/C25H27N2/c1-18-11-9-10-14-21(18)24-26(5)23-17-19(25(2,3)4)15-16-22(23)27(24)20-12-7-6-8-13-20/h6-17H,1-5H3/q+1. The number of rotatable bonds is 2. The molecule has 0 aliphatic rings. The summed E-state index contributed by atoms with van der Waals surface area (Å²) in [7, 11) is 2.18. The van der Waals surface area contributed by atoms with Crippen LogP contribution in [0.2, 0.25) is 0 Å². The maximum absolute atomic E-state index is 2.38. The summed E-state index contributed by atoms with van der Waals surface area (Å²) in [6, 6.07) is 26.1. The quantitative estimate of drug-likeness (QED) is 0.406. The van der Waals surface area contributed by atoms with Crippen molar-refractivity contribution in [2.24, 2.45) is 7.05 Å². The molecule has 0 spiro atoms. The molecule has 0 atom stereocenters. The van der Waals surface area contributed by atoms with E-state index >= 15 is 0 Å². The Balaban J connectivity index is 2.12. The SMILES string of the molecule is Cc1ccccc1-c1n(-c2ccccc2)c2ccc(C(C)(C)C)cc2[n+]1C. The fourth-order valence-electron chi connectivity index (χ4n) is 3.79. The third-order valence-electron chi connectivity index (χ3n) is 5.37. The van der Waals surface area contributed by atoms with Crippen LogP contribution in [0.3, 0.4) is 0 Å². The summed E-state index contributed by atoms with van der Waals surface area (Å²) in [5.41, 5.74) is 7.69. The van der Waals surface area contributed by atoms with E-state index in [9.17, 15) is 0 Å². The van der Waals surface area contributed by atoms with E-state index in [1.54, 1.807) is 0 Å². The van der Waals surface area contributed by atoms with Gasteiger partial charge in [-0.25, -0.2) is 4.57 Å². The second-order valence-corrected chi connectivity index (χ2v) is 8.32. The van der Waals surface area contributed by atoms with Crippen molar-refractivity contribution in [3.63, 3.8) is 0 Å². The van der Waals surface area contributed by atoms with Gasteiger partial charge in [0.2, 0.25) is 0 Å². The third kappa shape index (κ3) is 2.95. The topological polar surface area (TPSA) is 8.81 Å². The first-order chi connectivity index (χ1) is 12.9. The summed E-state index contributed by atoms with van der Waals surface area (Å²) >= 11 is 0. The van der Waals surface area contributed by atoms with E-state index in [-0.39, 0.29) is 5.41 Å². The van der Waals surface area contributed by atoms with Gasteiger partial charge in [-0.05, 0) is 53.8 Å². The van der Waals surface area contributed by atoms with Crippen molar-refractivity contribution in [3.8, 4) is 17.1 Å². The zero-order valence-electron chi connectivity index (χ0n) is 16.8. The smallest absolute Gasteiger partial charge is 0.225 e. The van der Waals surface area contributed by atoms with Crippen molar-refractivity contribution in [2.45, 2.75) is 33.1 Å². The van der Waals surface area contributed by atoms with Gasteiger partial charge >= 0.3 is 0 Å². The number of benzene rings is 3. The zero-order valence-corrected chi connectivity index (χ0v) is 16.8. The average Bonchev–Trinajstić information content (AvgIpc) is 2.94. The van der Waals surface area contributed by atoms with Gasteiger partial charge in [-0.1, -0.05) is 63.2 Å². The predicted octanol–water partition coefficient (Wildman–Crippen LogP) is 5.73. The Kier molecular flexibility index (Phi) is 4.15. The van der Waals surface area contributed by atoms with E-state index in [0.717, 1.165) is 0 Å². The van der Waals surface area contributed by atoms with E-state index in [4.69, 9.17) is 0 Å². The average molecular weight is 356 g/mol. The summed E-state index contributed by atoms with van der Waals surface area (Å²) in [5, 5.41) is 0. The van der Waals surface area contributed by atoms with E-state index < -0.39 is 0 Å². The van der Waals surface area contributed by atoms with Crippen molar-refractivity contribution < 1.29 is 4.57 Å². The van der Waals surface area contributed by atoms with Gasteiger partial charge < -0.3 is 0 Å². The minimum absolute atomic E-state index is 0.124. The lowest BCUT2D eigenvalue weighted by molar-refractivity contribution is -0.633. The van der Waals surface area contributed by atoms with E-state index in [2.05, 4.69) is 117 Å². The van der Waals surface area contributed by atoms with Gasteiger partial charge in [0.15, 0.2) is 11.0 Å². The van der Waals surface area contributed by atoms with Crippen molar-refractivity contribution in [1.82, 2.24) is 4.57 Å². The summed E-state index contributed by atoms with van der Waals surface area (Å²) in [4.78, 5) is 0. The minimum Gasteiger partial charge on any atom is -0.225 e. The monoisotopic (exact) mass is 355 g/mol. The number of fused-ring (bicyclic) bond motifs is 1. The van der Waals surface area contributed by atoms with Crippen molar-refractivity contribution in [2.75, 3.05) is 0 Å². The molecule has 0 saturated carbocycles. The van der Waals surface area contributed by atoms with Crippen LogP contribution in [-0.4, -0.2) is 4.57 Å². The lowest BCUT2D eigenvalue weighted by Crippen LogP contribution is -2.30. The summed E-state index contributed by atoms with van der Waals surface area (Å²) in [6.45, 7) is 8.99. The first-order valence-corrected chi connectivity index (χ1v) is 9.54. The van der Waals surface area contributed by atoms with Crippen LogP contribution in [0.4, 0.5) is 0 Å². The lowest BCUT2D eigenvalue weighted by atomic mass is 9.87. The third-order valence-corrected chi connectivity index (χ3v) is 5.37. The first-order valence-electron chi connectivity index (χ1n) is 9.54. The molecule has 0 N–H and O–H groups in total. The Morgan fingerprint density at radius 3 is 2.15 bits per heavy atom.